The number of aromatic nitrogens is 1. The van der Waals surface area contributed by atoms with Crippen molar-refractivity contribution in [2.75, 3.05) is 0 Å². The summed E-state index contributed by atoms with van der Waals surface area (Å²) in [5, 5.41) is 3.79. The van der Waals surface area contributed by atoms with E-state index in [0.29, 0.717) is 16.7 Å². The average molecular weight is 479 g/mol. The van der Waals surface area contributed by atoms with Gasteiger partial charge in [0.15, 0.2) is 0 Å². The molecule has 0 amide bonds. The van der Waals surface area contributed by atoms with Crippen LogP contribution in [-0.4, -0.2) is 4.98 Å². The monoisotopic (exact) mass is 479 g/mol. The maximum atomic E-state index is 4.62. The van der Waals surface area contributed by atoms with Crippen molar-refractivity contribution in [1.29, 1.82) is 0 Å². The fourth-order valence-electron chi connectivity index (χ4n) is 5.20. The molecule has 1 saturated carbocycles. The molecule has 2 aliphatic rings. The van der Waals surface area contributed by atoms with Crippen molar-refractivity contribution in [2.24, 2.45) is 5.41 Å². The Bertz CT molecular complexity index is 943. The predicted octanol–water partition coefficient (Wildman–Crippen LogP) is 5.36. The average Bonchev–Trinajstić information content (AvgIpc) is 2.86. The summed E-state index contributed by atoms with van der Waals surface area (Å²) in [7, 11) is 0. The molecule has 0 N–H and O–H groups in total. The van der Waals surface area contributed by atoms with Gasteiger partial charge in [-0.15, -0.1) is 34.0 Å². The third-order valence-corrected chi connectivity index (χ3v) is 6.89. The molecule has 1 nitrogen and oxygen atoms in total. The van der Waals surface area contributed by atoms with Crippen molar-refractivity contribution in [3.8, 4) is 0 Å². The van der Waals surface area contributed by atoms with E-state index in [1.54, 1.807) is 5.56 Å². The summed E-state index contributed by atoms with van der Waals surface area (Å²) in [6.07, 6.45) is 4.51. The first kappa shape index (κ1) is 15.3. The van der Waals surface area contributed by atoms with Gasteiger partial charge < -0.3 is 4.98 Å². The molecule has 1 aromatic heterocycles. The second-order valence-corrected chi connectivity index (χ2v) is 7.82. The van der Waals surface area contributed by atoms with E-state index in [4.69, 9.17) is 0 Å². The van der Waals surface area contributed by atoms with Crippen LogP contribution >= 0.6 is 0 Å². The maximum absolute atomic E-state index is 4.62. The summed E-state index contributed by atoms with van der Waals surface area (Å²) in [6.45, 7) is 7.36. The summed E-state index contributed by atoms with van der Waals surface area (Å²) >= 11 is 0. The molecule has 0 spiro atoms. The van der Waals surface area contributed by atoms with Gasteiger partial charge in [-0.05, 0) is 40.1 Å². The Morgan fingerprint density at radius 2 is 2.00 bits per heavy atom. The summed E-state index contributed by atoms with van der Waals surface area (Å²) in [6, 6.07) is 14.5. The molecule has 2 aromatic carbocycles. The van der Waals surface area contributed by atoms with Crippen LogP contribution in [0.5, 0.6) is 0 Å². The second-order valence-electron chi connectivity index (χ2n) is 7.82. The molecule has 0 unspecified atom stereocenters. The number of rotatable bonds is 0. The smallest absolute Gasteiger partial charge is 0.0161 e. The van der Waals surface area contributed by atoms with E-state index in [-0.39, 0.29) is 20.1 Å². The molecule has 1 heterocycles. The van der Waals surface area contributed by atoms with E-state index in [1.165, 1.54) is 34.6 Å². The molecule has 3 aromatic rings. The Morgan fingerprint density at radius 3 is 2.83 bits per heavy atom. The van der Waals surface area contributed by atoms with Gasteiger partial charge in [-0.1, -0.05) is 45.4 Å². The molecule has 2 heteroatoms. The topological polar surface area (TPSA) is 12.9 Å². The minimum atomic E-state index is 0. The quantitative estimate of drug-likeness (QED) is 0.313. The minimum Gasteiger partial charge on any atom is -0.304 e. The van der Waals surface area contributed by atoms with Gasteiger partial charge in [0.2, 0.25) is 0 Å². The minimum absolute atomic E-state index is 0. The molecule has 2 bridgehead atoms. The van der Waals surface area contributed by atoms with Crippen molar-refractivity contribution in [3.63, 3.8) is 0 Å². The Hall–Kier alpha value is -1.24. The van der Waals surface area contributed by atoms with Crippen LogP contribution in [0.2, 0.25) is 0 Å². The third kappa shape index (κ3) is 1.64. The molecule has 23 heavy (non-hydrogen) atoms. The van der Waals surface area contributed by atoms with Crippen LogP contribution in [0, 0.1) is 11.5 Å². The fraction of sp³-hybridized carbons (Fsp3) is 0.381. The molecule has 2 atom stereocenters. The normalized spacial score (nSPS) is 27.2. The van der Waals surface area contributed by atoms with E-state index in [0.717, 1.165) is 5.52 Å². The van der Waals surface area contributed by atoms with Crippen LogP contribution in [0.4, 0.5) is 0 Å². The molecule has 119 valence electrons. The molecule has 1 fully saturated rings. The standard InChI is InChI=1S/C21H20N.Ir/c1-20(2)16-10-11-21(20,3)17-9-8-15-14(18(16)17)7-6-13-5-4-12-22-19(13)15;/h4-7,9,12,16H,10-11H2,1-3H3;/q-1;/t16-,21+;/m1./s1. The van der Waals surface area contributed by atoms with Gasteiger partial charge in [-0.25, -0.2) is 0 Å². The SMILES string of the molecule is CC1(C)[C@@H]2CC[C@@]1(C)c1c[c-]c3c(ccc4cccnc43)c12.[Ir]. The Labute approximate surface area is 150 Å². The van der Waals surface area contributed by atoms with Crippen molar-refractivity contribution in [3.05, 3.63) is 53.7 Å². The van der Waals surface area contributed by atoms with E-state index >= 15 is 0 Å². The van der Waals surface area contributed by atoms with E-state index < -0.39 is 0 Å². The van der Waals surface area contributed by atoms with Crippen LogP contribution in [0.3, 0.4) is 0 Å². The number of pyridine rings is 1. The zero-order valence-electron chi connectivity index (χ0n) is 13.7. The maximum Gasteiger partial charge on any atom is 0.0161 e. The van der Waals surface area contributed by atoms with Crippen molar-refractivity contribution >= 4 is 21.7 Å². The van der Waals surface area contributed by atoms with E-state index in [9.17, 15) is 0 Å². The number of hydrogen-bond donors (Lipinski definition) is 0. The first-order valence-electron chi connectivity index (χ1n) is 8.26. The first-order chi connectivity index (χ1) is 10.5. The molecule has 5 rings (SSSR count). The van der Waals surface area contributed by atoms with Crippen molar-refractivity contribution in [2.45, 2.75) is 44.9 Å². The Morgan fingerprint density at radius 1 is 1.17 bits per heavy atom. The Kier molecular flexibility index (Phi) is 3.09. The van der Waals surface area contributed by atoms with Gasteiger partial charge in [0.05, 0.1) is 0 Å². The van der Waals surface area contributed by atoms with Crippen LogP contribution in [-0.2, 0) is 25.5 Å². The van der Waals surface area contributed by atoms with Crippen LogP contribution < -0.4 is 0 Å². The number of fused-ring (bicyclic) bond motifs is 9. The number of hydrogen-bond acceptors (Lipinski definition) is 1. The van der Waals surface area contributed by atoms with Crippen LogP contribution in [0.15, 0.2) is 36.5 Å². The first-order valence-corrected chi connectivity index (χ1v) is 8.26. The van der Waals surface area contributed by atoms with Crippen LogP contribution in [0.1, 0.15) is 50.7 Å². The molecular formula is C21H20IrN-. The van der Waals surface area contributed by atoms with Crippen molar-refractivity contribution < 1.29 is 20.1 Å². The van der Waals surface area contributed by atoms with Gasteiger partial charge in [-0.2, -0.15) is 0 Å². The molecule has 0 aliphatic heterocycles. The molecule has 1 radical (unpaired) electrons. The Balaban J connectivity index is 0.00000135. The largest absolute Gasteiger partial charge is 0.304 e. The van der Waals surface area contributed by atoms with E-state index in [2.05, 4.69) is 56.1 Å². The molecular weight excluding hydrogens is 458 g/mol. The predicted molar refractivity (Wildman–Crippen MR) is 91.2 cm³/mol. The number of benzene rings is 2. The van der Waals surface area contributed by atoms with Gasteiger partial charge in [0.25, 0.3) is 0 Å². The van der Waals surface area contributed by atoms with Gasteiger partial charge in [0, 0.05) is 26.3 Å². The molecule has 2 aliphatic carbocycles. The molecule has 0 saturated heterocycles. The zero-order chi connectivity index (χ0) is 15.1. The van der Waals surface area contributed by atoms with Gasteiger partial charge >= 0.3 is 0 Å². The fourth-order valence-corrected chi connectivity index (χ4v) is 5.20. The van der Waals surface area contributed by atoms with E-state index in [1.807, 2.05) is 12.3 Å². The summed E-state index contributed by atoms with van der Waals surface area (Å²) in [4.78, 5) is 4.62. The summed E-state index contributed by atoms with van der Waals surface area (Å²) in [5.74, 6) is 0.672. The van der Waals surface area contributed by atoms with Crippen molar-refractivity contribution in [1.82, 2.24) is 4.98 Å². The summed E-state index contributed by atoms with van der Waals surface area (Å²) in [5.41, 5.74) is 4.86. The summed E-state index contributed by atoms with van der Waals surface area (Å²) < 4.78 is 0. The third-order valence-electron chi connectivity index (χ3n) is 6.89. The van der Waals surface area contributed by atoms with Crippen LogP contribution in [0.25, 0.3) is 21.7 Å². The second kappa shape index (κ2) is 4.65. The van der Waals surface area contributed by atoms with Gasteiger partial charge in [0.1, 0.15) is 0 Å². The number of nitrogens with zero attached hydrogens (tertiary/aromatic N) is 1. The zero-order valence-corrected chi connectivity index (χ0v) is 16.1. The van der Waals surface area contributed by atoms with Gasteiger partial charge in [-0.3, -0.25) is 0 Å².